The highest BCUT2D eigenvalue weighted by Crippen LogP contribution is 2.36. The maximum Gasteiger partial charge on any atom is 0.167 e. The number of aromatic nitrogens is 1. The van der Waals surface area contributed by atoms with Crippen LogP contribution in [-0.4, -0.2) is 27.4 Å². The van der Waals surface area contributed by atoms with E-state index >= 15 is 0 Å². The number of benzene rings is 2. The third kappa shape index (κ3) is 3.10. The summed E-state index contributed by atoms with van der Waals surface area (Å²) in [6.45, 7) is 0. The van der Waals surface area contributed by atoms with Gasteiger partial charge in [0.05, 0.1) is 7.11 Å². The van der Waals surface area contributed by atoms with Crippen molar-refractivity contribution >= 4 is 23.2 Å². The van der Waals surface area contributed by atoms with Gasteiger partial charge in [0.25, 0.3) is 0 Å². The van der Waals surface area contributed by atoms with Crippen molar-refractivity contribution in [3.8, 4) is 23.0 Å². The van der Waals surface area contributed by atoms with Crippen LogP contribution in [0, 0.1) is 0 Å². The number of nitrogens with zero attached hydrogens (tertiary/aromatic N) is 1. The molecule has 120 valence electrons. The van der Waals surface area contributed by atoms with Crippen LogP contribution in [0.2, 0.25) is 0 Å². The monoisotopic (exact) mass is 333 g/mol. The highest BCUT2D eigenvalue weighted by Gasteiger charge is 2.11. The molecule has 1 aromatic heterocycles. The molecular formula is C17H16ClNO4. The molecule has 0 fully saturated rings. The number of phenols is 3. The van der Waals surface area contributed by atoms with Crippen LogP contribution in [0.3, 0.4) is 0 Å². The molecule has 0 bridgehead atoms. The normalized spacial score (nSPS) is 10.3. The van der Waals surface area contributed by atoms with Crippen LogP contribution in [0.25, 0.3) is 10.8 Å². The highest BCUT2D eigenvalue weighted by molar-refractivity contribution is 5.92. The fourth-order valence-electron chi connectivity index (χ4n) is 2.47. The van der Waals surface area contributed by atoms with E-state index < -0.39 is 0 Å². The Bertz CT molecular complexity index is 851. The Morgan fingerprint density at radius 3 is 2.43 bits per heavy atom. The van der Waals surface area contributed by atoms with E-state index in [2.05, 4.69) is 4.98 Å². The first-order chi connectivity index (χ1) is 10.6. The molecule has 0 saturated carbocycles. The van der Waals surface area contributed by atoms with Crippen LogP contribution in [-0.2, 0) is 6.42 Å². The van der Waals surface area contributed by atoms with Crippen molar-refractivity contribution in [1.82, 2.24) is 4.98 Å². The summed E-state index contributed by atoms with van der Waals surface area (Å²) in [7, 11) is 1.50. The molecule has 23 heavy (non-hydrogen) atoms. The molecule has 0 unspecified atom stereocenters. The van der Waals surface area contributed by atoms with Crippen molar-refractivity contribution in [2.24, 2.45) is 0 Å². The van der Waals surface area contributed by atoms with Crippen molar-refractivity contribution in [2.45, 2.75) is 6.42 Å². The van der Waals surface area contributed by atoms with Gasteiger partial charge in [-0.15, -0.1) is 12.4 Å². The van der Waals surface area contributed by atoms with Crippen LogP contribution in [0.4, 0.5) is 0 Å². The Balaban J connectivity index is 0.00000192. The largest absolute Gasteiger partial charge is 0.504 e. The smallest absolute Gasteiger partial charge is 0.167 e. The van der Waals surface area contributed by atoms with E-state index in [1.165, 1.54) is 19.2 Å². The fourth-order valence-corrected chi connectivity index (χ4v) is 2.47. The predicted octanol–water partition coefficient (Wildman–Crippen LogP) is 3.37. The molecule has 0 amide bonds. The second-order valence-corrected chi connectivity index (χ2v) is 5.01. The van der Waals surface area contributed by atoms with Gasteiger partial charge < -0.3 is 20.1 Å². The molecule has 0 saturated heterocycles. The number of aromatic hydroxyl groups is 3. The molecule has 0 aliphatic heterocycles. The van der Waals surface area contributed by atoms with Gasteiger partial charge in [0.1, 0.15) is 0 Å². The zero-order valence-electron chi connectivity index (χ0n) is 12.4. The molecule has 0 aliphatic rings. The number of hydrogen-bond acceptors (Lipinski definition) is 5. The number of hydrogen-bond donors (Lipinski definition) is 3. The van der Waals surface area contributed by atoms with Crippen LogP contribution < -0.4 is 4.74 Å². The first-order valence-corrected chi connectivity index (χ1v) is 6.73. The topological polar surface area (TPSA) is 82.8 Å². The van der Waals surface area contributed by atoms with Gasteiger partial charge >= 0.3 is 0 Å². The van der Waals surface area contributed by atoms with Crippen molar-refractivity contribution < 1.29 is 20.1 Å². The summed E-state index contributed by atoms with van der Waals surface area (Å²) >= 11 is 0. The minimum Gasteiger partial charge on any atom is -0.504 e. The lowest BCUT2D eigenvalue weighted by Crippen LogP contribution is -1.93. The number of rotatable bonds is 3. The molecule has 3 aromatic rings. The standard InChI is InChI=1S/C17H15NO4.ClH/c1-22-16-5-3-12-11(8-18-9-13(12)17(16)21)6-10-2-4-14(19)15(20)7-10;/h2-5,7-9,19-21H,6H2,1H3;1H. The average Bonchev–Trinajstić information content (AvgIpc) is 2.52. The third-order valence-corrected chi connectivity index (χ3v) is 3.61. The first kappa shape index (κ1) is 16.7. The summed E-state index contributed by atoms with van der Waals surface area (Å²) in [5.41, 5.74) is 1.74. The molecular weight excluding hydrogens is 318 g/mol. The van der Waals surface area contributed by atoms with Crippen molar-refractivity contribution in [2.75, 3.05) is 7.11 Å². The SMILES string of the molecule is COc1ccc2c(Cc3ccc(O)c(O)c3)cncc2c1O.Cl. The second kappa shape index (κ2) is 6.62. The van der Waals surface area contributed by atoms with Crippen LogP contribution >= 0.6 is 12.4 Å². The molecule has 0 atom stereocenters. The Kier molecular flexibility index (Phi) is 4.81. The molecule has 0 radical (unpaired) electrons. The average molecular weight is 334 g/mol. The minimum absolute atomic E-state index is 0. The van der Waals surface area contributed by atoms with Gasteiger partial charge in [0.15, 0.2) is 23.0 Å². The molecule has 3 N–H and O–H groups in total. The molecule has 6 heteroatoms. The summed E-state index contributed by atoms with van der Waals surface area (Å²) in [5.74, 6) is 0.147. The van der Waals surface area contributed by atoms with E-state index in [0.29, 0.717) is 17.6 Å². The molecule has 3 rings (SSSR count). The van der Waals surface area contributed by atoms with E-state index in [-0.39, 0.29) is 29.7 Å². The highest BCUT2D eigenvalue weighted by atomic mass is 35.5. The summed E-state index contributed by atoms with van der Waals surface area (Å²) in [5, 5.41) is 30.6. The van der Waals surface area contributed by atoms with Crippen molar-refractivity contribution in [3.05, 3.63) is 53.9 Å². The summed E-state index contributed by atoms with van der Waals surface area (Å²) in [4.78, 5) is 4.16. The van der Waals surface area contributed by atoms with E-state index in [1.807, 2.05) is 6.07 Å². The van der Waals surface area contributed by atoms with E-state index in [0.717, 1.165) is 16.5 Å². The van der Waals surface area contributed by atoms with Gasteiger partial charge in [-0.05, 0) is 41.1 Å². The third-order valence-electron chi connectivity index (χ3n) is 3.61. The minimum atomic E-state index is -0.157. The zero-order valence-corrected chi connectivity index (χ0v) is 13.2. The number of halogens is 1. The quantitative estimate of drug-likeness (QED) is 0.640. The molecule has 1 heterocycles. The van der Waals surface area contributed by atoms with Crippen molar-refractivity contribution in [3.63, 3.8) is 0 Å². The number of ether oxygens (including phenoxy) is 1. The summed E-state index contributed by atoms with van der Waals surface area (Å²) in [6.07, 6.45) is 3.83. The van der Waals surface area contributed by atoms with Gasteiger partial charge in [-0.25, -0.2) is 0 Å². The predicted molar refractivity (Wildman–Crippen MR) is 89.8 cm³/mol. The number of phenolic OH excluding ortho intramolecular Hbond substituents is 3. The van der Waals surface area contributed by atoms with Crippen LogP contribution in [0.1, 0.15) is 11.1 Å². The fraction of sp³-hybridized carbons (Fsp3) is 0.118. The van der Waals surface area contributed by atoms with Gasteiger partial charge in [-0.2, -0.15) is 0 Å². The van der Waals surface area contributed by atoms with Crippen molar-refractivity contribution in [1.29, 1.82) is 0 Å². The van der Waals surface area contributed by atoms with Gasteiger partial charge in [0, 0.05) is 17.8 Å². The molecule has 2 aromatic carbocycles. The lowest BCUT2D eigenvalue weighted by molar-refractivity contribution is 0.376. The molecule has 0 spiro atoms. The Hall–Kier alpha value is -2.66. The van der Waals surface area contributed by atoms with E-state index in [4.69, 9.17) is 4.74 Å². The van der Waals surface area contributed by atoms with Gasteiger partial charge in [-0.3, -0.25) is 4.98 Å². The first-order valence-electron chi connectivity index (χ1n) is 6.73. The van der Waals surface area contributed by atoms with Crippen LogP contribution in [0.5, 0.6) is 23.0 Å². The van der Waals surface area contributed by atoms with Gasteiger partial charge in [-0.1, -0.05) is 12.1 Å². The Morgan fingerprint density at radius 1 is 0.957 bits per heavy atom. The van der Waals surface area contributed by atoms with Crippen LogP contribution in [0.15, 0.2) is 42.7 Å². The lowest BCUT2D eigenvalue weighted by atomic mass is 10.00. The molecule has 5 nitrogen and oxygen atoms in total. The Labute approximate surface area is 139 Å². The maximum absolute atomic E-state index is 10.2. The Morgan fingerprint density at radius 2 is 1.74 bits per heavy atom. The summed E-state index contributed by atoms with van der Waals surface area (Å²) in [6, 6.07) is 8.26. The van der Waals surface area contributed by atoms with E-state index in [1.54, 1.807) is 24.5 Å². The number of fused-ring (bicyclic) bond motifs is 1. The summed E-state index contributed by atoms with van der Waals surface area (Å²) < 4.78 is 5.10. The number of pyridine rings is 1. The lowest BCUT2D eigenvalue weighted by Gasteiger charge is -2.10. The van der Waals surface area contributed by atoms with Gasteiger partial charge in [0.2, 0.25) is 0 Å². The molecule has 0 aliphatic carbocycles. The number of methoxy groups -OCH3 is 1. The zero-order chi connectivity index (χ0) is 15.7. The second-order valence-electron chi connectivity index (χ2n) is 5.01. The van der Waals surface area contributed by atoms with E-state index in [9.17, 15) is 15.3 Å². The maximum atomic E-state index is 10.2.